The van der Waals surface area contributed by atoms with Crippen LogP contribution in [0.2, 0.25) is 0 Å². The highest BCUT2D eigenvalue weighted by Gasteiger charge is 2.54. The van der Waals surface area contributed by atoms with E-state index in [1.807, 2.05) is 0 Å². The summed E-state index contributed by atoms with van der Waals surface area (Å²) in [6, 6.07) is 2.29. The maximum absolute atomic E-state index is 13.3. The minimum Gasteiger partial charge on any atom is -0.534 e. The molecular weight excluding hydrogens is 475 g/mol. The second-order valence-electron chi connectivity index (χ2n) is 9.17. The number of urea groups is 1. The first-order chi connectivity index (χ1) is 17.1. The van der Waals surface area contributed by atoms with E-state index in [4.69, 9.17) is 4.65 Å². The van der Waals surface area contributed by atoms with Crippen molar-refractivity contribution in [1.29, 1.82) is 0 Å². The summed E-state index contributed by atoms with van der Waals surface area (Å²) < 4.78 is 5.40. The zero-order valence-corrected chi connectivity index (χ0v) is 19.6. The van der Waals surface area contributed by atoms with Gasteiger partial charge in [0.2, 0.25) is 5.91 Å². The third-order valence-electron chi connectivity index (χ3n) is 6.96. The molecule has 192 valence electrons. The van der Waals surface area contributed by atoms with Gasteiger partial charge < -0.3 is 35.4 Å². The van der Waals surface area contributed by atoms with Gasteiger partial charge >= 0.3 is 30.9 Å². The van der Waals surface area contributed by atoms with Crippen molar-refractivity contribution in [2.45, 2.75) is 38.2 Å². The predicted octanol–water partition coefficient (Wildman–Crippen LogP) is -1.63. The van der Waals surface area contributed by atoms with Crippen molar-refractivity contribution in [1.82, 2.24) is 20.4 Å². The first-order valence-electron chi connectivity index (χ1n) is 11.6. The van der Waals surface area contributed by atoms with Crippen LogP contribution in [0.25, 0.3) is 0 Å². The lowest BCUT2D eigenvalue weighted by Gasteiger charge is -2.35. The lowest BCUT2D eigenvalue weighted by atomic mass is 9.72. The standard InChI is InChI=1S/C22H27BN4O9/c1-2-26-8-9-27(19(31)18(26)30)21(34)25-16(22(11-28)6-7-22)17(29)24-14-10-12-4-3-5-13(20(32)33)15(12)36-23(14)35/h3-5,14,16,28,35H,2,6-11H2,1H3,(H,24,29)(H,25,34)(H,32,33)/t14-,16+/m0/s1. The van der Waals surface area contributed by atoms with Crippen molar-refractivity contribution in [3.05, 3.63) is 29.3 Å². The second-order valence-corrected chi connectivity index (χ2v) is 9.17. The number of carbonyl (C=O) groups excluding carboxylic acids is 4. The van der Waals surface area contributed by atoms with E-state index in [-0.39, 0.29) is 30.8 Å². The maximum Gasteiger partial charge on any atom is 0.547 e. The number of piperazine rings is 1. The van der Waals surface area contributed by atoms with Gasteiger partial charge in [0.25, 0.3) is 0 Å². The Hall–Kier alpha value is -3.65. The van der Waals surface area contributed by atoms with Crippen LogP contribution in [0, 0.1) is 5.41 Å². The largest absolute Gasteiger partial charge is 0.547 e. The number of carbonyl (C=O) groups is 5. The number of aliphatic hydroxyl groups is 1. The molecule has 13 nitrogen and oxygen atoms in total. The average Bonchev–Trinajstić information content (AvgIpc) is 3.65. The van der Waals surface area contributed by atoms with Crippen LogP contribution in [0.3, 0.4) is 0 Å². The van der Waals surface area contributed by atoms with E-state index in [0.717, 1.165) is 4.90 Å². The molecule has 0 radical (unpaired) electrons. The fourth-order valence-corrected chi connectivity index (χ4v) is 4.55. The molecule has 0 unspecified atom stereocenters. The molecule has 1 aromatic rings. The Bertz CT molecular complexity index is 1110. The molecule has 5 amide bonds. The number of nitrogens with zero attached hydrogens (tertiary/aromatic N) is 2. The number of hydrogen-bond acceptors (Lipinski definition) is 8. The van der Waals surface area contributed by atoms with Crippen LogP contribution in [-0.2, 0) is 20.8 Å². The molecule has 2 heterocycles. The lowest BCUT2D eigenvalue weighted by Crippen LogP contribution is -2.63. The number of benzene rings is 1. The van der Waals surface area contributed by atoms with E-state index in [2.05, 4.69) is 10.6 Å². The highest BCUT2D eigenvalue weighted by molar-refractivity contribution is 6.47. The Morgan fingerprint density at radius 2 is 1.94 bits per heavy atom. The fraction of sp³-hybridized carbons (Fsp3) is 0.500. The fourth-order valence-electron chi connectivity index (χ4n) is 4.55. The van der Waals surface area contributed by atoms with Crippen LogP contribution in [0.5, 0.6) is 5.75 Å². The van der Waals surface area contributed by atoms with Crippen LogP contribution in [0.4, 0.5) is 4.79 Å². The molecule has 0 spiro atoms. The normalized spacial score (nSPS) is 21.3. The molecule has 2 fully saturated rings. The van der Waals surface area contributed by atoms with Crippen LogP contribution in [0.15, 0.2) is 18.2 Å². The molecule has 1 aliphatic carbocycles. The molecular formula is C22H27BN4O9. The zero-order valence-electron chi connectivity index (χ0n) is 19.6. The van der Waals surface area contributed by atoms with E-state index in [1.54, 1.807) is 13.0 Å². The third kappa shape index (κ3) is 4.61. The number of para-hydroxylation sites is 1. The highest BCUT2D eigenvalue weighted by Crippen LogP contribution is 2.48. The van der Waals surface area contributed by atoms with Gasteiger partial charge in [-0.3, -0.25) is 19.3 Å². The van der Waals surface area contributed by atoms with Crippen LogP contribution in [0.1, 0.15) is 35.7 Å². The quantitative estimate of drug-likeness (QED) is 0.216. The van der Waals surface area contributed by atoms with Gasteiger partial charge in [-0.1, -0.05) is 12.1 Å². The maximum atomic E-state index is 13.3. The molecule has 5 N–H and O–H groups in total. The molecule has 0 aromatic heterocycles. The zero-order chi connectivity index (χ0) is 26.2. The number of aromatic carboxylic acids is 1. The lowest BCUT2D eigenvalue weighted by molar-refractivity contribution is -0.153. The molecule has 1 aromatic carbocycles. The highest BCUT2D eigenvalue weighted by atomic mass is 16.5. The number of imide groups is 1. The number of amides is 5. The van der Waals surface area contributed by atoms with Crippen molar-refractivity contribution < 1.29 is 43.9 Å². The van der Waals surface area contributed by atoms with Gasteiger partial charge in [0.1, 0.15) is 11.8 Å². The smallest absolute Gasteiger partial charge is 0.534 e. The predicted molar refractivity (Wildman–Crippen MR) is 123 cm³/mol. The number of fused-ring (bicyclic) bond motifs is 1. The van der Waals surface area contributed by atoms with Gasteiger partial charge in [-0.05, 0) is 37.8 Å². The molecule has 4 rings (SSSR count). The number of aliphatic hydroxyl groups excluding tert-OH is 1. The van der Waals surface area contributed by atoms with Gasteiger partial charge in [-0.2, -0.15) is 0 Å². The molecule has 2 atom stereocenters. The van der Waals surface area contributed by atoms with Crippen molar-refractivity contribution in [2.24, 2.45) is 5.41 Å². The van der Waals surface area contributed by atoms with E-state index < -0.39 is 60.8 Å². The summed E-state index contributed by atoms with van der Waals surface area (Å²) in [6.07, 6.45) is 0.932. The minimum absolute atomic E-state index is 0.0104. The van der Waals surface area contributed by atoms with Crippen molar-refractivity contribution in [3.63, 3.8) is 0 Å². The number of nitrogens with one attached hydrogen (secondary N) is 2. The Morgan fingerprint density at radius 3 is 2.56 bits per heavy atom. The second kappa shape index (κ2) is 9.78. The molecule has 3 aliphatic rings. The average molecular weight is 502 g/mol. The van der Waals surface area contributed by atoms with Gasteiger partial charge in [0.15, 0.2) is 0 Å². The molecule has 0 bridgehead atoms. The Labute approximate surface area is 206 Å². The van der Waals surface area contributed by atoms with Gasteiger partial charge in [-0.15, -0.1) is 0 Å². The first-order valence-corrected chi connectivity index (χ1v) is 11.6. The topological polar surface area (TPSA) is 186 Å². The molecule has 2 aliphatic heterocycles. The Kier molecular flexibility index (Phi) is 6.91. The van der Waals surface area contributed by atoms with E-state index in [0.29, 0.717) is 24.9 Å². The van der Waals surface area contributed by atoms with Gasteiger partial charge in [-0.25, -0.2) is 9.59 Å². The van der Waals surface area contributed by atoms with Crippen LogP contribution in [-0.4, -0.2) is 100 Å². The van der Waals surface area contributed by atoms with E-state index in [1.165, 1.54) is 17.0 Å². The number of carboxylic acids is 1. The Balaban J connectivity index is 1.49. The number of rotatable bonds is 7. The van der Waals surface area contributed by atoms with Crippen molar-refractivity contribution in [3.8, 4) is 5.75 Å². The van der Waals surface area contributed by atoms with Gasteiger partial charge in [0, 0.05) is 25.0 Å². The molecule has 14 heteroatoms. The van der Waals surface area contributed by atoms with E-state index >= 15 is 0 Å². The van der Waals surface area contributed by atoms with Crippen LogP contribution < -0.4 is 15.3 Å². The number of hydrogen-bond donors (Lipinski definition) is 5. The van der Waals surface area contributed by atoms with E-state index in [9.17, 15) is 39.2 Å². The van der Waals surface area contributed by atoms with Crippen LogP contribution >= 0.6 is 0 Å². The number of carboxylic acid groups (broad SMARTS) is 1. The summed E-state index contributed by atoms with van der Waals surface area (Å²) in [7, 11) is -1.57. The molecule has 36 heavy (non-hydrogen) atoms. The Morgan fingerprint density at radius 1 is 1.22 bits per heavy atom. The summed E-state index contributed by atoms with van der Waals surface area (Å²) in [5, 5.41) is 34.8. The minimum atomic E-state index is -1.57. The summed E-state index contributed by atoms with van der Waals surface area (Å²) in [5.74, 6) is -4.72. The summed E-state index contributed by atoms with van der Waals surface area (Å²) in [6.45, 7) is 1.75. The molecule has 1 saturated carbocycles. The van der Waals surface area contributed by atoms with Crippen molar-refractivity contribution >= 4 is 36.8 Å². The van der Waals surface area contributed by atoms with Gasteiger partial charge in [0.05, 0.1) is 18.1 Å². The monoisotopic (exact) mass is 502 g/mol. The summed E-state index contributed by atoms with van der Waals surface area (Å²) >= 11 is 0. The van der Waals surface area contributed by atoms with Crippen molar-refractivity contribution in [2.75, 3.05) is 26.2 Å². The number of likely N-dealkylation sites (N-methyl/N-ethyl adjacent to an activating group) is 1. The summed E-state index contributed by atoms with van der Waals surface area (Å²) in [5.41, 5.74) is -0.610. The first kappa shape index (κ1) is 25.4. The molecule has 1 saturated heterocycles. The third-order valence-corrected chi connectivity index (χ3v) is 6.96. The summed E-state index contributed by atoms with van der Waals surface area (Å²) in [4.78, 5) is 64.3. The SMILES string of the molecule is CCN1CCN(C(=O)N[C@H](C(=O)N[C@H]2Cc3cccc(C(=O)O)c3OB2O)C2(CO)CC2)C(=O)C1=O.